The van der Waals surface area contributed by atoms with Crippen molar-refractivity contribution in [2.24, 2.45) is 0 Å². The Morgan fingerprint density at radius 2 is 1.44 bits per heavy atom. The molecule has 0 saturated carbocycles. The zero-order valence-electron chi connectivity index (χ0n) is 15.9. The fourth-order valence-corrected chi connectivity index (χ4v) is 5.97. The number of fused-ring (bicyclic) bond motifs is 4. The maximum atomic E-state index is 10.5. The lowest BCUT2D eigenvalue weighted by atomic mass is 9.72. The second-order valence-corrected chi connectivity index (χ2v) is 9.57. The number of hydrogen-bond donors (Lipinski definition) is 4. The van der Waals surface area contributed by atoms with Gasteiger partial charge in [-0.2, -0.15) is 0 Å². The average molecular weight is 407 g/mol. The molecule has 0 aliphatic heterocycles. The number of halogens is 2. The first kappa shape index (κ1) is 18.6. The molecule has 144 valence electrons. The van der Waals surface area contributed by atoms with E-state index in [1.807, 2.05) is 18.2 Å². The van der Waals surface area contributed by atoms with Gasteiger partial charge < -0.3 is 10.2 Å². The largest absolute Gasteiger partial charge is 0.506 e. The Morgan fingerprint density at radius 3 is 2.04 bits per heavy atom. The number of phenols is 2. The lowest BCUT2D eigenvalue weighted by Crippen LogP contribution is -2.27. The maximum Gasteiger partial charge on any atom is 0.140 e. The second-order valence-electron chi connectivity index (χ2n) is 9.19. The van der Waals surface area contributed by atoms with E-state index in [1.165, 1.54) is 5.56 Å². The summed E-state index contributed by atoms with van der Waals surface area (Å²) < 4.78 is 0. The van der Waals surface area contributed by atoms with E-state index in [0.29, 0.717) is 11.4 Å². The first-order chi connectivity index (χ1) is 12.6. The van der Waals surface area contributed by atoms with E-state index in [0.717, 1.165) is 29.5 Å². The van der Waals surface area contributed by atoms with Crippen LogP contribution < -0.4 is 9.67 Å². The van der Waals surface area contributed by atoms with Crippen molar-refractivity contribution in [3.05, 3.63) is 46.5 Å². The summed E-state index contributed by atoms with van der Waals surface area (Å²) in [7, 11) is 0. The van der Waals surface area contributed by atoms with Gasteiger partial charge in [0, 0.05) is 29.0 Å². The molecule has 6 heteroatoms. The summed E-state index contributed by atoms with van der Waals surface area (Å²) in [5, 5.41) is 21.0. The molecule has 0 radical (unpaired) electrons. The van der Waals surface area contributed by atoms with E-state index in [2.05, 4.69) is 37.4 Å². The van der Waals surface area contributed by atoms with Crippen LogP contribution in [0.4, 0.5) is 11.4 Å². The zero-order valence-corrected chi connectivity index (χ0v) is 17.4. The predicted octanol–water partition coefficient (Wildman–Crippen LogP) is 5.88. The fourth-order valence-electron chi connectivity index (χ4n) is 5.63. The normalized spacial score (nSPS) is 23.9. The molecular weight excluding hydrogens is 383 g/mol. The van der Waals surface area contributed by atoms with Crippen LogP contribution in [0.2, 0.25) is 0 Å². The molecule has 0 fully saturated rings. The summed E-state index contributed by atoms with van der Waals surface area (Å²) in [4.78, 5) is 5.26. The number of phenolic OH excluding ortho intramolecular Hbond substituents is 2. The van der Waals surface area contributed by atoms with Gasteiger partial charge in [0.15, 0.2) is 0 Å². The van der Waals surface area contributed by atoms with Gasteiger partial charge in [0.1, 0.15) is 11.5 Å². The van der Waals surface area contributed by atoms with Crippen molar-refractivity contribution in [1.82, 2.24) is 0 Å². The Balaban J connectivity index is 2.09. The predicted molar refractivity (Wildman–Crippen MR) is 111 cm³/mol. The van der Waals surface area contributed by atoms with E-state index in [1.54, 1.807) is 6.07 Å². The zero-order chi connectivity index (χ0) is 19.8. The summed E-state index contributed by atoms with van der Waals surface area (Å²) >= 11 is 11.9. The Morgan fingerprint density at radius 1 is 0.815 bits per heavy atom. The molecule has 1 spiro atoms. The van der Waals surface area contributed by atoms with Gasteiger partial charge in [0.05, 0.1) is 11.4 Å². The molecule has 2 aromatic carbocycles. The number of aromatic hydroxyl groups is 2. The van der Waals surface area contributed by atoms with Gasteiger partial charge >= 0.3 is 0 Å². The quantitative estimate of drug-likeness (QED) is 0.371. The topological polar surface area (TPSA) is 64.5 Å². The van der Waals surface area contributed by atoms with Crippen molar-refractivity contribution < 1.29 is 10.2 Å². The van der Waals surface area contributed by atoms with E-state index in [9.17, 15) is 10.2 Å². The molecule has 2 aliphatic carbocycles. The van der Waals surface area contributed by atoms with Crippen LogP contribution >= 0.6 is 23.6 Å². The van der Waals surface area contributed by atoms with Crippen LogP contribution in [0, 0.1) is 0 Å². The summed E-state index contributed by atoms with van der Waals surface area (Å²) in [6, 6.07) is 7.45. The molecule has 0 aromatic heterocycles. The summed E-state index contributed by atoms with van der Waals surface area (Å²) in [6.07, 6.45) is 1.72. The number of hydrogen-bond acceptors (Lipinski definition) is 4. The first-order valence-corrected chi connectivity index (χ1v) is 9.81. The summed E-state index contributed by atoms with van der Waals surface area (Å²) in [5.74, 6) is 0.253. The molecule has 2 aromatic rings. The van der Waals surface area contributed by atoms with Crippen LogP contribution in [-0.2, 0) is 16.2 Å². The Labute approximate surface area is 169 Å². The minimum atomic E-state index is -0.351. The van der Waals surface area contributed by atoms with Crippen molar-refractivity contribution >= 4 is 34.9 Å². The molecule has 1 unspecified atom stereocenters. The van der Waals surface area contributed by atoms with E-state index in [4.69, 9.17) is 23.6 Å². The Kier molecular flexibility index (Phi) is 3.86. The Hall–Kier alpha value is -1.78. The van der Waals surface area contributed by atoms with Gasteiger partial charge in [0.25, 0.3) is 0 Å². The minimum Gasteiger partial charge on any atom is -0.506 e. The van der Waals surface area contributed by atoms with Gasteiger partial charge in [-0.1, -0.05) is 33.8 Å². The third kappa shape index (κ3) is 2.36. The van der Waals surface area contributed by atoms with Crippen LogP contribution in [0.5, 0.6) is 11.5 Å². The van der Waals surface area contributed by atoms with Crippen molar-refractivity contribution in [1.29, 1.82) is 0 Å². The maximum absolute atomic E-state index is 10.5. The van der Waals surface area contributed by atoms with Crippen molar-refractivity contribution in [2.75, 3.05) is 9.67 Å². The lowest BCUT2D eigenvalue weighted by Gasteiger charge is -2.31. The van der Waals surface area contributed by atoms with E-state index >= 15 is 0 Å². The molecule has 4 nitrogen and oxygen atoms in total. The smallest absolute Gasteiger partial charge is 0.140 e. The first-order valence-electron chi connectivity index (χ1n) is 9.05. The van der Waals surface area contributed by atoms with Crippen LogP contribution in [0.3, 0.4) is 0 Å². The molecule has 4 rings (SSSR count). The summed E-state index contributed by atoms with van der Waals surface area (Å²) in [6.45, 7) is 8.85. The molecule has 1 atom stereocenters. The molecule has 2 aliphatic rings. The van der Waals surface area contributed by atoms with Crippen molar-refractivity contribution in [3.63, 3.8) is 0 Å². The molecule has 0 heterocycles. The number of rotatable bonds is 2. The SMILES string of the molecule is CC1(C)CC2(CC(C)(C)c3ccc(O)c(NCl)c32)c2cc(O)c(NCl)cc21. The fraction of sp³-hybridized carbons (Fsp3) is 0.429. The molecule has 4 N–H and O–H groups in total. The number of benzene rings is 2. The highest BCUT2D eigenvalue weighted by Gasteiger charge is 2.57. The molecule has 27 heavy (non-hydrogen) atoms. The van der Waals surface area contributed by atoms with Gasteiger partial charge in [-0.05, 0) is 64.1 Å². The minimum absolute atomic E-state index is 0.0950. The van der Waals surface area contributed by atoms with Gasteiger partial charge in [-0.3, -0.25) is 9.67 Å². The highest BCUT2D eigenvalue weighted by atomic mass is 35.5. The van der Waals surface area contributed by atoms with Gasteiger partial charge in [0.2, 0.25) is 0 Å². The van der Waals surface area contributed by atoms with E-state index in [-0.39, 0.29) is 27.7 Å². The second kappa shape index (κ2) is 5.62. The third-order valence-electron chi connectivity index (χ3n) is 6.46. The highest BCUT2D eigenvalue weighted by Crippen LogP contribution is 2.65. The van der Waals surface area contributed by atoms with Crippen LogP contribution in [0.15, 0.2) is 24.3 Å². The third-order valence-corrected chi connectivity index (χ3v) is 6.85. The van der Waals surface area contributed by atoms with Crippen LogP contribution in [-0.4, -0.2) is 10.2 Å². The van der Waals surface area contributed by atoms with Crippen molar-refractivity contribution in [2.45, 2.75) is 56.8 Å². The standard InChI is InChI=1S/C21H24Cl2N2O2/c1-19(2)9-21(17-11(19)5-6-15(26)18(17)25-23)10-20(3,4)12-7-14(24-22)16(27)8-13(12)21/h5-8,24-27H,9-10H2,1-4H3. The highest BCUT2D eigenvalue weighted by molar-refractivity contribution is 6.25. The van der Waals surface area contributed by atoms with Crippen LogP contribution in [0.1, 0.15) is 62.8 Å². The molecule has 0 bridgehead atoms. The monoisotopic (exact) mass is 406 g/mol. The number of nitrogens with one attached hydrogen (secondary N) is 2. The number of anilines is 2. The molecule has 0 saturated heterocycles. The van der Waals surface area contributed by atoms with Gasteiger partial charge in [-0.15, -0.1) is 0 Å². The Bertz CT molecular complexity index is 956. The van der Waals surface area contributed by atoms with Crippen LogP contribution in [0.25, 0.3) is 0 Å². The van der Waals surface area contributed by atoms with Gasteiger partial charge in [-0.25, -0.2) is 0 Å². The lowest BCUT2D eigenvalue weighted by molar-refractivity contribution is 0.349. The summed E-state index contributed by atoms with van der Waals surface area (Å²) in [5.41, 5.74) is 4.91. The van der Waals surface area contributed by atoms with Crippen molar-refractivity contribution in [3.8, 4) is 11.5 Å². The van der Waals surface area contributed by atoms with E-state index < -0.39 is 0 Å². The molecule has 0 amide bonds. The molecular formula is C21H24Cl2N2O2. The average Bonchev–Trinajstić information content (AvgIpc) is 2.93.